The van der Waals surface area contributed by atoms with Crippen LogP contribution in [0.3, 0.4) is 0 Å². The van der Waals surface area contributed by atoms with E-state index in [-0.39, 0.29) is 5.82 Å². The third-order valence-electron chi connectivity index (χ3n) is 5.38. The second-order valence-electron chi connectivity index (χ2n) is 7.25. The third-order valence-corrected chi connectivity index (χ3v) is 5.38. The van der Waals surface area contributed by atoms with Gasteiger partial charge >= 0.3 is 0 Å². The number of hydrogen-bond acceptors (Lipinski definition) is 3. The lowest BCUT2D eigenvalue weighted by Gasteiger charge is -2.14. The SMILES string of the molecule is CCC1C=CC(N)=NC(c2nn(Cc3ccccc3F)c3c2CCCC3)=C1. The van der Waals surface area contributed by atoms with Crippen molar-refractivity contribution in [3.63, 3.8) is 0 Å². The Morgan fingerprint density at radius 1 is 1.22 bits per heavy atom. The minimum absolute atomic E-state index is 0.190. The summed E-state index contributed by atoms with van der Waals surface area (Å²) in [6, 6.07) is 6.91. The summed E-state index contributed by atoms with van der Waals surface area (Å²) in [4.78, 5) is 4.61. The van der Waals surface area contributed by atoms with Gasteiger partial charge in [-0.25, -0.2) is 9.38 Å². The average molecular weight is 364 g/mol. The van der Waals surface area contributed by atoms with Crippen LogP contribution in [-0.2, 0) is 19.4 Å². The first kappa shape index (κ1) is 17.7. The molecule has 1 aromatic carbocycles. The van der Waals surface area contributed by atoms with Crippen molar-refractivity contribution in [3.8, 4) is 0 Å². The largest absolute Gasteiger partial charge is 0.384 e. The van der Waals surface area contributed by atoms with E-state index in [1.165, 1.54) is 17.3 Å². The van der Waals surface area contributed by atoms with Crippen molar-refractivity contribution >= 4 is 11.5 Å². The Morgan fingerprint density at radius 3 is 2.85 bits per heavy atom. The molecule has 0 spiro atoms. The number of fused-ring (bicyclic) bond motifs is 1. The summed E-state index contributed by atoms with van der Waals surface area (Å²) in [6.45, 7) is 2.59. The second kappa shape index (κ2) is 7.51. The van der Waals surface area contributed by atoms with Crippen LogP contribution >= 0.6 is 0 Å². The molecule has 2 heterocycles. The highest BCUT2D eigenvalue weighted by atomic mass is 19.1. The Balaban J connectivity index is 1.78. The molecule has 2 aromatic rings. The van der Waals surface area contributed by atoms with E-state index in [4.69, 9.17) is 10.8 Å². The van der Waals surface area contributed by atoms with Crippen molar-refractivity contribution in [1.29, 1.82) is 0 Å². The van der Waals surface area contributed by atoms with Gasteiger partial charge in [-0.1, -0.05) is 31.2 Å². The van der Waals surface area contributed by atoms with E-state index in [9.17, 15) is 4.39 Å². The van der Waals surface area contributed by atoms with Crippen LogP contribution in [-0.4, -0.2) is 15.6 Å². The minimum Gasteiger partial charge on any atom is -0.384 e. The number of amidine groups is 1. The zero-order valence-electron chi connectivity index (χ0n) is 15.7. The fourth-order valence-electron chi connectivity index (χ4n) is 3.88. The molecule has 0 saturated heterocycles. The lowest BCUT2D eigenvalue weighted by atomic mass is 9.94. The van der Waals surface area contributed by atoms with Crippen LogP contribution < -0.4 is 5.73 Å². The Morgan fingerprint density at radius 2 is 2.04 bits per heavy atom. The summed E-state index contributed by atoms with van der Waals surface area (Å²) < 4.78 is 16.1. The average Bonchev–Trinajstić information content (AvgIpc) is 2.93. The first-order valence-electron chi connectivity index (χ1n) is 9.72. The summed E-state index contributed by atoms with van der Waals surface area (Å²) in [5.41, 5.74) is 10.9. The van der Waals surface area contributed by atoms with Crippen LogP contribution in [0.5, 0.6) is 0 Å². The highest BCUT2D eigenvalue weighted by molar-refractivity contribution is 5.96. The number of nitrogens with zero attached hydrogens (tertiary/aromatic N) is 3. The molecule has 1 atom stereocenters. The Labute approximate surface area is 159 Å². The van der Waals surface area contributed by atoms with Crippen LogP contribution in [0, 0.1) is 11.7 Å². The molecule has 1 unspecified atom stereocenters. The predicted molar refractivity (Wildman–Crippen MR) is 107 cm³/mol. The van der Waals surface area contributed by atoms with Crippen LogP contribution in [0.2, 0.25) is 0 Å². The number of hydrogen-bond donors (Lipinski definition) is 1. The first-order chi connectivity index (χ1) is 13.2. The highest BCUT2D eigenvalue weighted by Gasteiger charge is 2.24. The van der Waals surface area contributed by atoms with Gasteiger partial charge in [-0.2, -0.15) is 5.10 Å². The normalized spacial score (nSPS) is 19.3. The summed E-state index contributed by atoms with van der Waals surface area (Å²) in [5.74, 6) is 0.608. The number of halogens is 1. The third kappa shape index (κ3) is 3.59. The fourth-order valence-corrected chi connectivity index (χ4v) is 3.88. The molecule has 0 bridgehead atoms. The number of nitrogens with two attached hydrogens (primary N) is 1. The molecular formula is C22H25FN4. The molecule has 4 rings (SSSR count). The quantitative estimate of drug-likeness (QED) is 0.882. The predicted octanol–water partition coefficient (Wildman–Crippen LogP) is 4.24. The Bertz CT molecular complexity index is 936. The van der Waals surface area contributed by atoms with E-state index in [1.807, 2.05) is 22.9 Å². The summed E-state index contributed by atoms with van der Waals surface area (Å²) in [7, 11) is 0. The monoisotopic (exact) mass is 364 g/mol. The molecule has 1 aromatic heterocycles. The number of rotatable bonds is 4. The molecule has 1 aliphatic carbocycles. The van der Waals surface area contributed by atoms with E-state index in [2.05, 4.69) is 24.1 Å². The maximum atomic E-state index is 14.2. The highest BCUT2D eigenvalue weighted by Crippen LogP contribution is 2.32. The van der Waals surface area contributed by atoms with Gasteiger partial charge in [0.2, 0.25) is 0 Å². The Hall–Kier alpha value is -2.69. The zero-order chi connectivity index (χ0) is 18.8. The van der Waals surface area contributed by atoms with Gasteiger partial charge in [-0.15, -0.1) is 0 Å². The lowest BCUT2D eigenvalue weighted by molar-refractivity contribution is 0.560. The van der Waals surface area contributed by atoms with Gasteiger partial charge in [-0.3, -0.25) is 4.68 Å². The van der Waals surface area contributed by atoms with Gasteiger partial charge in [-0.05, 0) is 56.2 Å². The van der Waals surface area contributed by atoms with Crippen LogP contribution in [0.1, 0.15) is 48.7 Å². The molecule has 4 nitrogen and oxygen atoms in total. The van der Waals surface area contributed by atoms with Crippen molar-refractivity contribution in [3.05, 3.63) is 70.8 Å². The van der Waals surface area contributed by atoms with Crippen LogP contribution in [0.4, 0.5) is 4.39 Å². The molecule has 2 N–H and O–H groups in total. The maximum Gasteiger partial charge on any atom is 0.128 e. The van der Waals surface area contributed by atoms with Crippen molar-refractivity contribution < 1.29 is 4.39 Å². The molecule has 0 amide bonds. The maximum absolute atomic E-state index is 14.2. The van der Waals surface area contributed by atoms with Crippen molar-refractivity contribution in [2.45, 2.75) is 45.6 Å². The van der Waals surface area contributed by atoms with Gasteiger partial charge in [0.15, 0.2) is 0 Å². The fraction of sp³-hybridized carbons (Fsp3) is 0.364. The second-order valence-corrected chi connectivity index (χ2v) is 7.25. The Kier molecular flexibility index (Phi) is 4.92. The van der Waals surface area contributed by atoms with Gasteiger partial charge < -0.3 is 5.73 Å². The van der Waals surface area contributed by atoms with E-state index < -0.39 is 0 Å². The standard InChI is InChI=1S/C22H25FN4/c1-2-15-11-12-21(24)25-19(13-15)22-17-8-4-6-10-20(17)27(26-22)14-16-7-3-5-9-18(16)23/h3,5,7,9,11-13,15H,2,4,6,8,10,14H2,1H3,(H2,24,25). The van der Waals surface area contributed by atoms with Crippen molar-refractivity contribution in [2.24, 2.45) is 16.6 Å². The van der Waals surface area contributed by atoms with Gasteiger partial charge in [0, 0.05) is 16.8 Å². The van der Waals surface area contributed by atoms with Gasteiger partial charge in [0.25, 0.3) is 0 Å². The van der Waals surface area contributed by atoms with Gasteiger partial charge in [0.1, 0.15) is 17.3 Å². The van der Waals surface area contributed by atoms with E-state index in [0.29, 0.717) is 23.9 Å². The van der Waals surface area contributed by atoms with Gasteiger partial charge in [0.05, 0.1) is 12.2 Å². The number of benzene rings is 1. The number of allylic oxidation sites excluding steroid dienone is 2. The molecule has 140 valence electrons. The van der Waals surface area contributed by atoms with Crippen molar-refractivity contribution in [2.75, 3.05) is 0 Å². The lowest BCUT2D eigenvalue weighted by Crippen LogP contribution is -2.11. The molecule has 5 heteroatoms. The molecule has 1 aliphatic heterocycles. The molecule has 0 saturated carbocycles. The minimum atomic E-state index is -0.190. The molecule has 2 aliphatic rings. The number of aromatic nitrogens is 2. The van der Waals surface area contributed by atoms with Crippen molar-refractivity contribution in [1.82, 2.24) is 9.78 Å². The molecule has 0 radical (unpaired) electrons. The topological polar surface area (TPSA) is 56.2 Å². The van der Waals surface area contributed by atoms with Crippen LogP contribution in [0.15, 0.2) is 47.5 Å². The summed E-state index contributed by atoms with van der Waals surface area (Å²) >= 11 is 0. The van der Waals surface area contributed by atoms with E-state index in [1.54, 1.807) is 6.07 Å². The number of aliphatic imine (C=N–C) groups is 1. The molecule has 0 fully saturated rings. The van der Waals surface area contributed by atoms with Crippen LogP contribution in [0.25, 0.3) is 5.70 Å². The van der Waals surface area contributed by atoms with E-state index in [0.717, 1.165) is 43.5 Å². The molecular weight excluding hydrogens is 339 g/mol. The summed E-state index contributed by atoms with van der Waals surface area (Å²) in [5, 5.41) is 4.89. The van der Waals surface area contributed by atoms with E-state index >= 15 is 0 Å². The zero-order valence-corrected chi connectivity index (χ0v) is 15.7. The first-order valence-corrected chi connectivity index (χ1v) is 9.72. The smallest absolute Gasteiger partial charge is 0.128 e. The summed E-state index contributed by atoms with van der Waals surface area (Å²) in [6.07, 6.45) is 11.3. The molecule has 27 heavy (non-hydrogen) atoms.